The summed E-state index contributed by atoms with van der Waals surface area (Å²) in [4.78, 5) is 11.9. The Labute approximate surface area is 159 Å². The van der Waals surface area contributed by atoms with Crippen LogP contribution in [0.3, 0.4) is 0 Å². The highest BCUT2D eigenvalue weighted by atomic mass is 32.2. The first kappa shape index (κ1) is 17.4. The Balaban J connectivity index is 1.69. The topological polar surface area (TPSA) is 81.2 Å². The van der Waals surface area contributed by atoms with Gasteiger partial charge in [-0.3, -0.25) is 4.57 Å². The predicted molar refractivity (Wildman–Crippen MR) is 104 cm³/mol. The molecule has 0 spiro atoms. The lowest BCUT2D eigenvalue weighted by molar-refractivity contribution is 0.466. The Bertz CT molecular complexity index is 1150. The lowest BCUT2D eigenvalue weighted by atomic mass is 10.1. The summed E-state index contributed by atoms with van der Waals surface area (Å²) < 4.78 is 7.16. The van der Waals surface area contributed by atoms with Gasteiger partial charge in [0.2, 0.25) is 0 Å². The molecule has 0 saturated heterocycles. The second kappa shape index (κ2) is 7.28. The van der Waals surface area contributed by atoms with Gasteiger partial charge in [-0.05, 0) is 35.7 Å². The molecule has 6 nitrogen and oxygen atoms in total. The van der Waals surface area contributed by atoms with E-state index in [1.54, 1.807) is 6.33 Å². The highest BCUT2D eigenvalue weighted by Gasteiger charge is 2.13. The molecule has 2 aromatic carbocycles. The van der Waals surface area contributed by atoms with Gasteiger partial charge in [-0.2, -0.15) is 0 Å². The molecule has 136 valence electrons. The number of thioether (sulfide) groups is 1. The standard InChI is InChI=1S/C20H17N3O3S/c1-2-13-8-16-14(9-19(25)26-18(16)10-17(13)24)11-27-20-22-21-12-23(20)15-6-4-3-5-7-15/h3-10,12,24H,2,11H2,1H3. The van der Waals surface area contributed by atoms with E-state index in [-0.39, 0.29) is 5.75 Å². The molecule has 4 rings (SSSR count). The summed E-state index contributed by atoms with van der Waals surface area (Å²) in [6, 6.07) is 14.7. The molecule has 0 atom stereocenters. The molecule has 0 amide bonds. The van der Waals surface area contributed by atoms with Gasteiger partial charge in [0.25, 0.3) is 0 Å². The fourth-order valence-corrected chi connectivity index (χ4v) is 3.86. The lowest BCUT2D eigenvalue weighted by Gasteiger charge is -2.09. The van der Waals surface area contributed by atoms with Gasteiger partial charge in [0.05, 0.1) is 0 Å². The fraction of sp³-hybridized carbons (Fsp3) is 0.150. The van der Waals surface area contributed by atoms with E-state index in [1.165, 1.54) is 23.9 Å². The predicted octanol–water partition coefficient (Wildman–Crippen LogP) is 3.93. The number of nitrogens with zero attached hydrogens (tertiary/aromatic N) is 3. The maximum Gasteiger partial charge on any atom is 0.336 e. The molecule has 0 aliphatic heterocycles. The van der Waals surface area contributed by atoms with E-state index >= 15 is 0 Å². The number of fused-ring (bicyclic) bond motifs is 1. The number of aromatic nitrogens is 3. The van der Waals surface area contributed by atoms with Crippen molar-refractivity contribution in [2.24, 2.45) is 0 Å². The Morgan fingerprint density at radius 1 is 1.15 bits per heavy atom. The average Bonchev–Trinajstić information content (AvgIpc) is 3.14. The zero-order valence-corrected chi connectivity index (χ0v) is 15.4. The molecule has 0 fully saturated rings. The van der Waals surface area contributed by atoms with Crippen LogP contribution < -0.4 is 5.63 Å². The fourth-order valence-electron chi connectivity index (χ4n) is 2.94. The minimum atomic E-state index is -0.439. The molecule has 2 heterocycles. The van der Waals surface area contributed by atoms with Crippen LogP contribution in [0.5, 0.6) is 5.75 Å². The quantitative estimate of drug-likeness (QED) is 0.418. The van der Waals surface area contributed by atoms with Gasteiger partial charge < -0.3 is 9.52 Å². The number of para-hydroxylation sites is 1. The number of aryl methyl sites for hydroxylation is 1. The summed E-state index contributed by atoms with van der Waals surface area (Å²) >= 11 is 1.49. The third-order valence-electron chi connectivity index (χ3n) is 4.32. The molecule has 0 saturated carbocycles. The van der Waals surface area contributed by atoms with Crippen LogP contribution in [-0.4, -0.2) is 19.9 Å². The highest BCUT2D eigenvalue weighted by Crippen LogP contribution is 2.30. The van der Waals surface area contributed by atoms with Crippen molar-refractivity contribution in [3.05, 3.63) is 76.4 Å². The molecule has 0 aliphatic carbocycles. The van der Waals surface area contributed by atoms with Gasteiger partial charge in [0.15, 0.2) is 5.16 Å². The number of phenols is 1. The first-order chi connectivity index (χ1) is 13.2. The van der Waals surface area contributed by atoms with Crippen LogP contribution >= 0.6 is 11.8 Å². The van der Waals surface area contributed by atoms with Crippen LogP contribution in [-0.2, 0) is 12.2 Å². The summed E-state index contributed by atoms with van der Waals surface area (Å²) in [5, 5.41) is 19.8. The molecule has 7 heteroatoms. The Morgan fingerprint density at radius 2 is 1.96 bits per heavy atom. The van der Waals surface area contributed by atoms with Gasteiger partial charge in [0, 0.05) is 29.0 Å². The number of aromatic hydroxyl groups is 1. The average molecular weight is 379 g/mol. The van der Waals surface area contributed by atoms with Crippen LogP contribution in [0.4, 0.5) is 0 Å². The van der Waals surface area contributed by atoms with Crippen molar-refractivity contribution >= 4 is 22.7 Å². The van der Waals surface area contributed by atoms with E-state index in [0.29, 0.717) is 17.8 Å². The van der Waals surface area contributed by atoms with Crippen LogP contribution in [0.15, 0.2) is 69.2 Å². The van der Waals surface area contributed by atoms with Crippen LogP contribution in [0.25, 0.3) is 16.7 Å². The maximum absolute atomic E-state index is 11.9. The summed E-state index contributed by atoms with van der Waals surface area (Å²) in [6.45, 7) is 1.97. The van der Waals surface area contributed by atoms with E-state index in [1.807, 2.05) is 47.9 Å². The van der Waals surface area contributed by atoms with Gasteiger partial charge in [0.1, 0.15) is 17.7 Å². The number of phenolic OH excluding ortho intramolecular Hbond substituents is 1. The Kier molecular flexibility index (Phi) is 4.68. The van der Waals surface area contributed by atoms with E-state index in [0.717, 1.165) is 27.4 Å². The molecule has 27 heavy (non-hydrogen) atoms. The highest BCUT2D eigenvalue weighted by molar-refractivity contribution is 7.98. The second-order valence-electron chi connectivity index (χ2n) is 6.03. The summed E-state index contributed by atoms with van der Waals surface area (Å²) in [7, 11) is 0. The lowest BCUT2D eigenvalue weighted by Crippen LogP contribution is -2.01. The maximum atomic E-state index is 11.9. The Morgan fingerprint density at radius 3 is 2.74 bits per heavy atom. The number of rotatable bonds is 5. The minimum Gasteiger partial charge on any atom is -0.508 e. The smallest absolute Gasteiger partial charge is 0.336 e. The molecule has 1 N–H and O–H groups in total. The van der Waals surface area contributed by atoms with Gasteiger partial charge in [-0.25, -0.2) is 4.79 Å². The van der Waals surface area contributed by atoms with Crippen LogP contribution in [0, 0.1) is 0 Å². The van der Waals surface area contributed by atoms with Crippen molar-refractivity contribution in [1.29, 1.82) is 0 Å². The molecule has 0 aliphatic rings. The van der Waals surface area contributed by atoms with E-state index in [4.69, 9.17) is 4.42 Å². The molecule has 2 aromatic heterocycles. The van der Waals surface area contributed by atoms with Crippen LogP contribution in [0.2, 0.25) is 0 Å². The molecular formula is C20H17N3O3S. The van der Waals surface area contributed by atoms with Crippen molar-refractivity contribution in [3.8, 4) is 11.4 Å². The van der Waals surface area contributed by atoms with E-state index < -0.39 is 5.63 Å². The Hall–Kier alpha value is -3.06. The molecule has 0 unspecified atom stereocenters. The normalized spacial score (nSPS) is 11.1. The van der Waals surface area contributed by atoms with Gasteiger partial charge >= 0.3 is 5.63 Å². The molecule has 0 bridgehead atoms. The third kappa shape index (κ3) is 3.46. The molecule has 0 radical (unpaired) electrons. The first-order valence-corrected chi connectivity index (χ1v) is 9.51. The SMILES string of the molecule is CCc1cc2c(CSc3nncn3-c3ccccc3)cc(=O)oc2cc1O. The second-order valence-corrected chi connectivity index (χ2v) is 6.97. The van der Waals surface area contributed by atoms with Crippen molar-refractivity contribution in [1.82, 2.24) is 14.8 Å². The summed E-state index contributed by atoms with van der Waals surface area (Å²) in [5.41, 5.74) is 2.57. The van der Waals surface area contributed by atoms with Gasteiger partial charge in [-0.15, -0.1) is 10.2 Å². The zero-order chi connectivity index (χ0) is 18.8. The van der Waals surface area contributed by atoms with E-state index in [9.17, 15) is 9.90 Å². The summed E-state index contributed by atoms with van der Waals surface area (Å²) in [6.07, 6.45) is 2.36. The zero-order valence-electron chi connectivity index (χ0n) is 14.6. The largest absolute Gasteiger partial charge is 0.508 e. The minimum absolute atomic E-state index is 0.141. The first-order valence-electron chi connectivity index (χ1n) is 8.52. The molecule has 4 aromatic rings. The van der Waals surface area contributed by atoms with Crippen molar-refractivity contribution in [2.75, 3.05) is 0 Å². The van der Waals surface area contributed by atoms with Crippen molar-refractivity contribution in [2.45, 2.75) is 24.3 Å². The number of benzene rings is 2. The van der Waals surface area contributed by atoms with Crippen molar-refractivity contribution < 1.29 is 9.52 Å². The van der Waals surface area contributed by atoms with Crippen LogP contribution in [0.1, 0.15) is 18.1 Å². The van der Waals surface area contributed by atoms with E-state index in [2.05, 4.69) is 10.2 Å². The third-order valence-corrected chi connectivity index (χ3v) is 5.31. The monoisotopic (exact) mass is 379 g/mol. The number of hydrogen-bond acceptors (Lipinski definition) is 6. The van der Waals surface area contributed by atoms with Crippen molar-refractivity contribution in [3.63, 3.8) is 0 Å². The molecular weight excluding hydrogens is 362 g/mol. The van der Waals surface area contributed by atoms with Gasteiger partial charge in [-0.1, -0.05) is 36.9 Å². The number of hydrogen-bond donors (Lipinski definition) is 1. The summed E-state index contributed by atoms with van der Waals surface area (Å²) in [5.74, 6) is 0.670.